The van der Waals surface area contributed by atoms with E-state index in [1.165, 1.54) is 6.42 Å². The van der Waals surface area contributed by atoms with Crippen molar-refractivity contribution < 1.29 is 14.1 Å². The SMILES string of the molecule is O=C(NCc1cc(COc2ccccc2)no1)C1CCCCC1. The van der Waals surface area contributed by atoms with E-state index < -0.39 is 0 Å². The average Bonchev–Trinajstić information content (AvgIpc) is 3.07. The number of nitrogens with one attached hydrogen (secondary N) is 1. The Bertz CT molecular complexity index is 618. The molecule has 1 aliphatic rings. The third kappa shape index (κ3) is 4.58. The summed E-state index contributed by atoms with van der Waals surface area (Å²) in [7, 11) is 0. The van der Waals surface area contributed by atoms with Crippen LogP contribution in [0.15, 0.2) is 40.9 Å². The van der Waals surface area contributed by atoms with E-state index in [1.807, 2.05) is 36.4 Å². The summed E-state index contributed by atoms with van der Waals surface area (Å²) in [6.45, 7) is 0.734. The number of benzene rings is 1. The molecule has 1 saturated carbocycles. The van der Waals surface area contributed by atoms with Crippen molar-refractivity contribution in [3.63, 3.8) is 0 Å². The van der Waals surface area contributed by atoms with Gasteiger partial charge in [-0.1, -0.05) is 42.6 Å². The molecule has 1 aromatic heterocycles. The second-order valence-electron chi connectivity index (χ2n) is 5.94. The molecule has 1 heterocycles. The van der Waals surface area contributed by atoms with Gasteiger partial charge in [-0.2, -0.15) is 0 Å². The molecule has 0 unspecified atom stereocenters. The van der Waals surface area contributed by atoms with E-state index in [0.29, 0.717) is 18.9 Å². The van der Waals surface area contributed by atoms with Gasteiger partial charge in [-0.3, -0.25) is 4.79 Å². The standard InChI is InChI=1S/C18H22N2O3/c21-18(14-7-3-1-4-8-14)19-12-17-11-15(20-23-17)13-22-16-9-5-2-6-10-16/h2,5-6,9-11,14H,1,3-4,7-8,12-13H2,(H,19,21). The predicted molar refractivity (Wildman–Crippen MR) is 85.7 cm³/mol. The number of nitrogens with zero attached hydrogens (tertiary/aromatic N) is 1. The highest BCUT2D eigenvalue weighted by molar-refractivity contribution is 5.78. The molecular formula is C18H22N2O3. The number of amides is 1. The van der Waals surface area contributed by atoms with Crippen LogP contribution in [0.5, 0.6) is 5.75 Å². The van der Waals surface area contributed by atoms with Crippen LogP contribution in [0, 0.1) is 5.92 Å². The molecule has 122 valence electrons. The lowest BCUT2D eigenvalue weighted by atomic mass is 9.89. The molecule has 1 N–H and O–H groups in total. The summed E-state index contributed by atoms with van der Waals surface area (Å²) in [4.78, 5) is 12.1. The van der Waals surface area contributed by atoms with Crippen LogP contribution in [-0.4, -0.2) is 11.1 Å². The van der Waals surface area contributed by atoms with Crippen molar-refractivity contribution in [2.24, 2.45) is 5.92 Å². The topological polar surface area (TPSA) is 64.4 Å². The van der Waals surface area contributed by atoms with Gasteiger partial charge in [-0.25, -0.2) is 0 Å². The molecule has 2 aromatic rings. The Hall–Kier alpha value is -2.30. The average molecular weight is 314 g/mol. The van der Waals surface area contributed by atoms with Crippen molar-refractivity contribution in [3.05, 3.63) is 47.9 Å². The first kappa shape index (κ1) is 15.6. The van der Waals surface area contributed by atoms with Gasteiger partial charge in [0.15, 0.2) is 5.76 Å². The van der Waals surface area contributed by atoms with Gasteiger partial charge < -0.3 is 14.6 Å². The summed E-state index contributed by atoms with van der Waals surface area (Å²) in [6.07, 6.45) is 5.55. The minimum Gasteiger partial charge on any atom is -0.487 e. The quantitative estimate of drug-likeness (QED) is 0.887. The smallest absolute Gasteiger partial charge is 0.223 e. The van der Waals surface area contributed by atoms with Crippen LogP contribution < -0.4 is 10.1 Å². The van der Waals surface area contributed by atoms with Gasteiger partial charge in [-0.15, -0.1) is 0 Å². The van der Waals surface area contributed by atoms with Gasteiger partial charge in [0.25, 0.3) is 0 Å². The van der Waals surface area contributed by atoms with Gasteiger partial charge >= 0.3 is 0 Å². The van der Waals surface area contributed by atoms with E-state index in [9.17, 15) is 4.79 Å². The van der Waals surface area contributed by atoms with Crippen molar-refractivity contribution in [1.29, 1.82) is 0 Å². The van der Waals surface area contributed by atoms with Crippen molar-refractivity contribution in [1.82, 2.24) is 10.5 Å². The third-order valence-corrected chi connectivity index (χ3v) is 4.15. The van der Waals surface area contributed by atoms with Crippen LogP contribution in [0.25, 0.3) is 0 Å². The van der Waals surface area contributed by atoms with E-state index in [4.69, 9.17) is 9.26 Å². The third-order valence-electron chi connectivity index (χ3n) is 4.15. The molecule has 1 aromatic carbocycles. The molecule has 1 fully saturated rings. The summed E-state index contributed by atoms with van der Waals surface area (Å²) in [6, 6.07) is 11.4. The van der Waals surface area contributed by atoms with Crippen molar-refractivity contribution in [2.45, 2.75) is 45.3 Å². The molecule has 0 aliphatic heterocycles. The second-order valence-corrected chi connectivity index (χ2v) is 5.94. The number of hydrogen-bond acceptors (Lipinski definition) is 4. The van der Waals surface area contributed by atoms with E-state index >= 15 is 0 Å². The maximum absolute atomic E-state index is 12.1. The molecule has 23 heavy (non-hydrogen) atoms. The molecule has 0 spiro atoms. The number of aromatic nitrogens is 1. The van der Waals surface area contributed by atoms with Gasteiger partial charge in [0, 0.05) is 12.0 Å². The number of ether oxygens (including phenoxy) is 1. The molecule has 0 bridgehead atoms. The molecule has 1 aliphatic carbocycles. The van der Waals surface area contributed by atoms with Crippen LogP contribution >= 0.6 is 0 Å². The molecule has 5 heteroatoms. The monoisotopic (exact) mass is 314 g/mol. The van der Waals surface area contributed by atoms with Crippen LogP contribution in [0.3, 0.4) is 0 Å². The first-order chi connectivity index (χ1) is 11.3. The number of para-hydroxylation sites is 1. The first-order valence-electron chi connectivity index (χ1n) is 8.21. The Morgan fingerprint density at radius 2 is 2.00 bits per heavy atom. The highest BCUT2D eigenvalue weighted by Gasteiger charge is 2.21. The van der Waals surface area contributed by atoms with E-state index in [0.717, 1.165) is 37.1 Å². The van der Waals surface area contributed by atoms with Gasteiger partial charge in [-0.05, 0) is 25.0 Å². The van der Waals surface area contributed by atoms with E-state index in [2.05, 4.69) is 10.5 Å². The number of rotatable bonds is 6. The van der Waals surface area contributed by atoms with E-state index in [1.54, 1.807) is 0 Å². The van der Waals surface area contributed by atoms with Crippen molar-refractivity contribution in [3.8, 4) is 5.75 Å². The fourth-order valence-electron chi connectivity index (χ4n) is 2.86. The minimum atomic E-state index is 0.128. The Balaban J connectivity index is 1.44. The van der Waals surface area contributed by atoms with E-state index in [-0.39, 0.29) is 11.8 Å². The highest BCUT2D eigenvalue weighted by atomic mass is 16.5. The molecule has 1 amide bonds. The second kappa shape index (κ2) is 7.81. The molecule has 5 nitrogen and oxygen atoms in total. The number of carbonyl (C=O) groups excluding carboxylic acids is 1. The molecular weight excluding hydrogens is 292 g/mol. The van der Waals surface area contributed by atoms with Crippen LogP contribution in [0.2, 0.25) is 0 Å². The lowest BCUT2D eigenvalue weighted by molar-refractivity contribution is -0.126. The fourth-order valence-corrected chi connectivity index (χ4v) is 2.86. The predicted octanol–water partition coefficient (Wildman–Crippen LogP) is 3.45. The normalized spacial score (nSPS) is 15.3. The fraction of sp³-hybridized carbons (Fsp3) is 0.444. The zero-order valence-electron chi connectivity index (χ0n) is 13.2. The maximum atomic E-state index is 12.1. The Labute approximate surface area is 136 Å². The Kier molecular flexibility index (Phi) is 5.29. The zero-order chi connectivity index (χ0) is 15.9. The Morgan fingerprint density at radius 3 is 2.78 bits per heavy atom. The summed E-state index contributed by atoms with van der Waals surface area (Å²) in [5.74, 6) is 1.74. The summed E-state index contributed by atoms with van der Waals surface area (Å²) in [5.41, 5.74) is 0.718. The van der Waals surface area contributed by atoms with Crippen LogP contribution in [0.4, 0.5) is 0 Å². The summed E-state index contributed by atoms with van der Waals surface area (Å²) < 4.78 is 10.9. The molecule has 0 radical (unpaired) electrons. The van der Waals surface area contributed by atoms with Crippen LogP contribution in [-0.2, 0) is 17.9 Å². The lowest BCUT2D eigenvalue weighted by Crippen LogP contribution is -2.31. The Morgan fingerprint density at radius 1 is 1.22 bits per heavy atom. The first-order valence-corrected chi connectivity index (χ1v) is 8.21. The van der Waals surface area contributed by atoms with Gasteiger partial charge in [0.05, 0.1) is 6.54 Å². The molecule has 3 rings (SSSR count). The molecule has 0 saturated heterocycles. The van der Waals surface area contributed by atoms with Crippen molar-refractivity contribution in [2.75, 3.05) is 0 Å². The largest absolute Gasteiger partial charge is 0.487 e. The summed E-state index contributed by atoms with van der Waals surface area (Å²) >= 11 is 0. The highest BCUT2D eigenvalue weighted by Crippen LogP contribution is 2.23. The number of carbonyl (C=O) groups is 1. The van der Waals surface area contributed by atoms with Crippen molar-refractivity contribution >= 4 is 5.91 Å². The minimum absolute atomic E-state index is 0.128. The molecule has 0 atom stereocenters. The lowest BCUT2D eigenvalue weighted by Gasteiger charge is -2.20. The summed E-state index contributed by atoms with van der Waals surface area (Å²) in [5, 5.41) is 6.91. The van der Waals surface area contributed by atoms with Gasteiger partial charge in [0.1, 0.15) is 18.1 Å². The number of hydrogen-bond donors (Lipinski definition) is 1. The van der Waals surface area contributed by atoms with Crippen LogP contribution in [0.1, 0.15) is 43.6 Å². The maximum Gasteiger partial charge on any atom is 0.223 e. The zero-order valence-corrected chi connectivity index (χ0v) is 13.2. The van der Waals surface area contributed by atoms with Gasteiger partial charge in [0.2, 0.25) is 5.91 Å².